The van der Waals surface area contributed by atoms with Crippen molar-refractivity contribution >= 4 is 21.8 Å². The van der Waals surface area contributed by atoms with Gasteiger partial charge in [0, 0.05) is 0 Å². The van der Waals surface area contributed by atoms with Gasteiger partial charge in [0.1, 0.15) is 0 Å². The molecule has 1 amide bonds. The van der Waals surface area contributed by atoms with E-state index in [0.29, 0.717) is 17.5 Å². The summed E-state index contributed by atoms with van der Waals surface area (Å²) >= 11 is 3.14. The predicted octanol–water partition coefficient (Wildman–Crippen LogP) is 2.32. The molecule has 0 saturated heterocycles. The van der Waals surface area contributed by atoms with Crippen molar-refractivity contribution in [3.8, 4) is 0 Å². The second-order valence-electron chi connectivity index (χ2n) is 3.70. The molecule has 0 fully saturated rings. The van der Waals surface area contributed by atoms with E-state index in [1.54, 1.807) is 12.1 Å². The first-order valence-corrected chi connectivity index (χ1v) is 6.05. The Morgan fingerprint density at radius 3 is 2.50 bits per heavy atom. The minimum absolute atomic E-state index is 0.0758. The van der Waals surface area contributed by atoms with Gasteiger partial charge in [-0.15, -0.1) is 0 Å². The number of aliphatic hydroxyl groups excluding tert-OH is 1. The Morgan fingerprint density at radius 1 is 1.50 bits per heavy atom. The van der Waals surface area contributed by atoms with Crippen molar-refractivity contribution in [1.82, 2.24) is 5.32 Å². The summed E-state index contributed by atoms with van der Waals surface area (Å²) in [5.41, 5.74) is -0.559. The molecule has 0 saturated carbocycles. The Kier molecular flexibility index (Phi) is 4.56. The van der Waals surface area contributed by atoms with Crippen molar-refractivity contribution in [2.24, 2.45) is 0 Å². The highest BCUT2D eigenvalue weighted by Gasteiger charge is 2.28. The van der Waals surface area contributed by atoms with Crippen LogP contribution in [0.3, 0.4) is 0 Å². The quantitative estimate of drug-likeness (QED) is 0.874. The van der Waals surface area contributed by atoms with Crippen LogP contribution < -0.4 is 5.32 Å². The Morgan fingerprint density at radius 2 is 2.12 bits per heavy atom. The summed E-state index contributed by atoms with van der Waals surface area (Å²) in [5, 5.41) is 12.1. The maximum atomic E-state index is 11.8. The molecule has 0 unspecified atom stereocenters. The number of aliphatic hydroxyl groups is 1. The SMILES string of the molecule is CCC(CC)(CO)NC(=O)c1ccc(Br)o1. The monoisotopic (exact) mass is 289 g/mol. The lowest BCUT2D eigenvalue weighted by Gasteiger charge is -2.30. The van der Waals surface area contributed by atoms with Crippen molar-refractivity contribution in [1.29, 1.82) is 0 Å². The van der Waals surface area contributed by atoms with Crippen molar-refractivity contribution in [3.05, 3.63) is 22.6 Å². The number of carbonyl (C=O) groups is 1. The normalized spacial score (nSPS) is 11.5. The van der Waals surface area contributed by atoms with Crippen LogP contribution in [0.25, 0.3) is 0 Å². The zero-order chi connectivity index (χ0) is 12.2. The number of halogens is 1. The van der Waals surface area contributed by atoms with Crippen LogP contribution in [0.4, 0.5) is 0 Å². The standard InChI is InChI=1S/C11H16BrNO3/c1-3-11(4-2,7-14)13-10(15)8-5-6-9(12)16-8/h5-6,14H,3-4,7H2,1-2H3,(H,13,15). The third-order valence-electron chi connectivity index (χ3n) is 2.83. The summed E-state index contributed by atoms with van der Waals surface area (Å²) in [6.45, 7) is 3.78. The van der Waals surface area contributed by atoms with Crippen molar-refractivity contribution in [3.63, 3.8) is 0 Å². The van der Waals surface area contributed by atoms with Crippen molar-refractivity contribution in [2.75, 3.05) is 6.61 Å². The number of nitrogens with one attached hydrogen (secondary N) is 1. The van der Waals surface area contributed by atoms with Gasteiger partial charge < -0.3 is 14.8 Å². The fourth-order valence-corrected chi connectivity index (χ4v) is 1.74. The fraction of sp³-hybridized carbons (Fsp3) is 0.545. The van der Waals surface area contributed by atoms with Crippen molar-refractivity contribution < 1.29 is 14.3 Å². The highest BCUT2D eigenvalue weighted by molar-refractivity contribution is 9.10. The van der Waals surface area contributed by atoms with Gasteiger partial charge in [-0.1, -0.05) is 13.8 Å². The van der Waals surface area contributed by atoms with E-state index in [-0.39, 0.29) is 18.3 Å². The number of carbonyl (C=O) groups excluding carboxylic acids is 1. The van der Waals surface area contributed by atoms with E-state index >= 15 is 0 Å². The van der Waals surface area contributed by atoms with Gasteiger partial charge in [-0.25, -0.2) is 0 Å². The Balaban J connectivity index is 2.76. The zero-order valence-electron chi connectivity index (χ0n) is 9.42. The molecule has 90 valence electrons. The van der Waals surface area contributed by atoms with Crippen molar-refractivity contribution in [2.45, 2.75) is 32.2 Å². The number of hydrogen-bond donors (Lipinski definition) is 2. The van der Waals surface area contributed by atoms with Crippen LogP contribution in [-0.2, 0) is 0 Å². The van der Waals surface area contributed by atoms with Gasteiger partial charge in [0.25, 0.3) is 5.91 Å². The van der Waals surface area contributed by atoms with Crippen LogP contribution in [0.5, 0.6) is 0 Å². The summed E-state index contributed by atoms with van der Waals surface area (Å²) in [6.07, 6.45) is 1.35. The first kappa shape index (κ1) is 13.3. The average Bonchev–Trinajstić information content (AvgIpc) is 2.73. The molecule has 0 aliphatic carbocycles. The third-order valence-corrected chi connectivity index (χ3v) is 3.26. The molecule has 1 aromatic heterocycles. The first-order chi connectivity index (χ1) is 7.56. The van der Waals surface area contributed by atoms with E-state index in [1.165, 1.54) is 0 Å². The van der Waals surface area contributed by atoms with E-state index in [9.17, 15) is 9.90 Å². The van der Waals surface area contributed by atoms with Crippen LogP contribution >= 0.6 is 15.9 Å². The van der Waals surface area contributed by atoms with Gasteiger partial charge in [0.05, 0.1) is 12.1 Å². The summed E-state index contributed by atoms with van der Waals surface area (Å²) in [4.78, 5) is 11.8. The summed E-state index contributed by atoms with van der Waals surface area (Å²) in [7, 11) is 0. The molecule has 0 spiro atoms. The van der Waals surface area contributed by atoms with Crippen LogP contribution in [0, 0.1) is 0 Å². The van der Waals surface area contributed by atoms with Crippen LogP contribution in [0.15, 0.2) is 21.2 Å². The van der Waals surface area contributed by atoms with Crippen LogP contribution in [0.1, 0.15) is 37.2 Å². The van der Waals surface area contributed by atoms with Gasteiger partial charge in [-0.05, 0) is 40.9 Å². The molecule has 0 aromatic carbocycles. The predicted molar refractivity (Wildman–Crippen MR) is 64.3 cm³/mol. The minimum Gasteiger partial charge on any atom is -0.444 e. The minimum atomic E-state index is -0.559. The molecule has 0 bridgehead atoms. The molecule has 5 heteroatoms. The molecule has 1 rings (SSSR count). The van der Waals surface area contributed by atoms with Gasteiger partial charge in [0.15, 0.2) is 10.4 Å². The number of amides is 1. The molecule has 0 aliphatic heterocycles. The first-order valence-electron chi connectivity index (χ1n) is 5.25. The lowest BCUT2D eigenvalue weighted by molar-refractivity contribution is 0.0789. The van der Waals surface area contributed by atoms with E-state index in [0.717, 1.165) is 0 Å². The zero-order valence-corrected chi connectivity index (χ0v) is 11.0. The Labute approximate surface area is 103 Å². The molecule has 16 heavy (non-hydrogen) atoms. The molecule has 1 aromatic rings. The molecule has 0 aliphatic rings. The number of furan rings is 1. The van der Waals surface area contributed by atoms with Crippen LogP contribution in [0.2, 0.25) is 0 Å². The molecule has 1 heterocycles. The van der Waals surface area contributed by atoms with Crippen LogP contribution in [-0.4, -0.2) is 23.2 Å². The molecule has 4 nitrogen and oxygen atoms in total. The maximum absolute atomic E-state index is 11.8. The molecule has 0 atom stereocenters. The lowest BCUT2D eigenvalue weighted by atomic mass is 9.94. The second kappa shape index (κ2) is 5.50. The summed E-state index contributed by atoms with van der Waals surface area (Å²) in [5.74, 6) is -0.0601. The van der Waals surface area contributed by atoms with Gasteiger partial charge in [-0.2, -0.15) is 0 Å². The molecule has 2 N–H and O–H groups in total. The smallest absolute Gasteiger partial charge is 0.287 e. The van der Waals surface area contributed by atoms with E-state index in [1.807, 2.05) is 13.8 Å². The highest BCUT2D eigenvalue weighted by atomic mass is 79.9. The summed E-state index contributed by atoms with van der Waals surface area (Å²) < 4.78 is 5.66. The van der Waals surface area contributed by atoms with Gasteiger partial charge in [0.2, 0.25) is 0 Å². The summed E-state index contributed by atoms with van der Waals surface area (Å²) in [6, 6.07) is 3.25. The highest BCUT2D eigenvalue weighted by Crippen LogP contribution is 2.18. The number of hydrogen-bond acceptors (Lipinski definition) is 3. The topological polar surface area (TPSA) is 62.5 Å². The molecular weight excluding hydrogens is 274 g/mol. The second-order valence-corrected chi connectivity index (χ2v) is 4.49. The molecule has 0 radical (unpaired) electrons. The average molecular weight is 290 g/mol. The fourth-order valence-electron chi connectivity index (χ4n) is 1.43. The van der Waals surface area contributed by atoms with Gasteiger partial charge >= 0.3 is 0 Å². The van der Waals surface area contributed by atoms with E-state index < -0.39 is 5.54 Å². The number of rotatable bonds is 5. The molecular formula is C11H16BrNO3. The lowest BCUT2D eigenvalue weighted by Crippen LogP contribution is -2.50. The maximum Gasteiger partial charge on any atom is 0.287 e. The largest absolute Gasteiger partial charge is 0.444 e. The van der Waals surface area contributed by atoms with Gasteiger partial charge in [-0.3, -0.25) is 4.79 Å². The Bertz CT molecular complexity index is 350. The Hall–Kier alpha value is -0.810. The van der Waals surface area contributed by atoms with E-state index in [4.69, 9.17) is 4.42 Å². The van der Waals surface area contributed by atoms with E-state index in [2.05, 4.69) is 21.2 Å². The third kappa shape index (κ3) is 2.86.